The lowest BCUT2D eigenvalue weighted by Gasteiger charge is -2.25. The predicted molar refractivity (Wildman–Crippen MR) is 101 cm³/mol. The first-order valence-corrected chi connectivity index (χ1v) is 12.4. The molecule has 2 heterocycles. The molecule has 0 aliphatic carbocycles. The van der Waals surface area contributed by atoms with Gasteiger partial charge in [-0.05, 0) is 13.0 Å². The Morgan fingerprint density at radius 3 is 1.65 bits per heavy atom. The van der Waals surface area contributed by atoms with Crippen LogP contribution in [0.3, 0.4) is 0 Å². The van der Waals surface area contributed by atoms with E-state index < -0.39 is 59.7 Å². The summed E-state index contributed by atoms with van der Waals surface area (Å²) in [7, 11) is -13.9. The molecule has 12 N–H and O–H groups in total. The van der Waals surface area contributed by atoms with Gasteiger partial charge in [-0.25, -0.2) is 31.7 Å². The zero-order chi connectivity index (χ0) is 27.9. The van der Waals surface area contributed by atoms with E-state index in [1.54, 1.807) is 0 Å². The summed E-state index contributed by atoms with van der Waals surface area (Å²) in [6, 6.07) is 1.20. The maximum absolute atomic E-state index is 13.9. The molecule has 1 aromatic heterocycles. The smallest absolute Gasteiger partial charge is 0.387 e. The van der Waals surface area contributed by atoms with Gasteiger partial charge in [0.15, 0.2) is 18.0 Å². The Labute approximate surface area is 186 Å². The van der Waals surface area contributed by atoms with Crippen LogP contribution in [0.2, 0.25) is 0 Å². The third-order valence-corrected chi connectivity index (χ3v) is 3.09. The van der Waals surface area contributed by atoms with Gasteiger partial charge < -0.3 is 59.6 Å². The van der Waals surface area contributed by atoms with Crippen LogP contribution in [0.4, 0.5) is 19.0 Å². The molecule has 202 valence electrons. The summed E-state index contributed by atoms with van der Waals surface area (Å²) in [5, 5.41) is 9.52. The average molecular weight is 573 g/mol. The molecule has 0 bridgehead atoms. The first-order valence-electron chi connectivity index (χ1n) is 7.75. The number of hydrogen-bond acceptors (Lipinski definition) is 8. The number of nitrogens with two attached hydrogens (primary N) is 1. The highest BCUT2D eigenvalue weighted by Gasteiger charge is 2.58. The van der Waals surface area contributed by atoms with E-state index in [0.29, 0.717) is 4.57 Å². The van der Waals surface area contributed by atoms with Gasteiger partial charge in [0, 0.05) is 6.20 Å². The number of aliphatic hydroxyl groups excluding tert-OH is 1. The third-order valence-electron chi connectivity index (χ3n) is 3.09. The third kappa shape index (κ3) is 16.4. The Morgan fingerprint density at radius 2 is 1.38 bits per heavy atom. The van der Waals surface area contributed by atoms with Crippen molar-refractivity contribution in [2.45, 2.75) is 37.5 Å². The van der Waals surface area contributed by atoms with Crippen molar-refractivity contribution < 1.29 is 80.8 Å². The molecule has 34 heavy (non-hydrogen) atoms. The lowest BCUT2D eigenvalue weighted by Crippen LogP contribution is -2.45. The number of nitrogens with zero attached hydrogens (tertiary/aromatic N) is 2. The number of phosphoric acid groups is 3. The molecule has 1 fully saturated rings. The second-order valence-electron chi connectivity index (χ2n) is 5.96. The Hall–Kier alpha value is -1.28. The lowest BCUT2D eigenvalue weighted by atomic mass is 9.99. The molecule has 0 spiro atoms. The second-order valence-corrected chi connectivity index (χ2v) is 9.04. The molecular formula is C10H21F3N3O15P3. The van der Waals surface area contributed by atoms with Crippen molar-refractivity contribution in [2.75, 3.05) is 5.73 Å². The second kappa shape index (κ2) is 13.1. The Bertz CT molecular complexity index is 908. The topological polar surface area (TPSA) is 324 Å². The number of rotatable bonds is 2. The standard InChI is InChI=1S/C10H12F3N3O3.3H3O4P/c1-10(8(12)13)6(17)5(11)7(19-10)16-3-2-4(14)15-9(16)18;3*1-5(2,3)4/h2-3,5-8,17H,1H3,(H2,14,15,18);3*(H3,1,2,3,4)/t5-,6+,7-,10-;;;/m1.../s1. The number of aromatic nitrogens is 2. The largest absolute Gasteiger partial charge is 0.466 e. The molecule has 2 rings (SSSR count). The fourth-order valence-electron chi connectivity index (χ4n) is 1.88. The number of hydrogen-bond donors (Lipinski definition) is 11. The Morgan fingerprint density at radius 1 is 1.03 bits per heavy atom. The lowest BCUT2D eigenvalue weighted by molar-refractivity contribution is -0.167. The number of nitrogen functional groups attached to an aromatic ring is 1. The van der Waals surface area contributed by atoms with Crippen LogP contribution in [0.5, 0.6) is 0 Å². The van der Waals surface area contributed by atoms with E-state index >= 15 is 0 Å². The molecule has 0 unspecified atom stereocenters. The van der Waals surface area contributed by atoms with E-state index in [4.69, 9.17) is 68.2 Å². The summed E-state index contributed by atoms with van der Waals surface area (Å²) < 4.78 is 71.7. The van der Waals surface area contributed by atoms with Crippen molar-refractivity contribution in [3.8, 4) is 0 Å². The summed E-state index contributed by atoms with van der Waals surface area (Å²) in [4.78, 5) is 79.5. The molecule has 0 aromatic carbocycles. The van der Waals surface area contributed by atoms with Crippen LogP contribution >= 0.6 is 23.5 Å². The highest BCUT2D eigenvalue weighted by molar-refractivity contribution is 7.45. The van der Waals surface area contributed by atoms with Crippen molar-refractivity contribution in [2.24, 2.45) is 0 Å². The minimum Gasteiger partial charge on any atom is -0.387 e. The Kier molecular flexibility index (Phi) is 13.5. The summed E-state index contributed by atoms with van der Waals surface area (Å²) in [6.07, 6.45) is -7.94. The van der Waals surface area contributed by atoms with Gasteiger partial charge in [0.05, 0.1) is 0 Å². The maximum Gasteiger partial charge on any atom is 0.466 e. The molecule has 24 heteroatoms. The van der Waals surface area contributed by atoms with Crippen molar-refractivity contribution >= 4 is 29.3 Å². The summed E-state index contributed by atoms with van der Waals surface area (Å²) in [5.41, 5.74) is 1.93. The monoisotopic (exact) mass is 573 g/mol. The first kappa shape index (κ1) is 34.9. The number of anilines is 1. The minimum absolute atomic E-state index is 0.0909. The van der Waals surface area contributed by atoms with Gasteiger partial charge in [0.1, 0.15) is 11.9 Å². The first-order chi connectivity index (χ1) is 14.8. The molecule has 0 radical (unpaired) electrons. The van der Waals surface area contributed by atoms with E-state index in [1.807, 2.05) is 0 Å². The molecular weight excluding hydrogens is 552 g/mol. The number of halogens is 3. The zero-order valence-corrected chi connectivity index (χ0v) is 19.1. The summed E-state index contributed by atoms with van der Waals surface area (Å²) in [6.45, 7) is 0.880. The van der Waals surface area contributed by atoms with Gasteiger partial charge in [-0.15, -0.1) is 0 Å². The molecule has 0 amide bonds. The van der Waals surface area contributed by atoms with Gasteiger partial charge in [-0.2, -0.15) is 4.98 Å². The van der Waals surface area contributed by atoms with E-state index in [9.17, 15) is 23.1 Å². The van der Waals surface area contributed by atoms with Crippen molar-refractivity contribution in [3.63, 3.8) is 0 Å². The van der Waals surface area contributed by atoms with E-state index in [1.165, 1.54) is 6.07 Å². The molecule has 1 saturated heterocycles. The van der Waals surface area contributed by atoms with E-state index in [-0.39, 0.29) is 5.82 Å². The van der Waals surface area contributed by atoms with Gasteiger partial charge in [0.25, 0.3) is 6.43 Å². The zero-order valence-electron chi connectivity index (χ0n) is 16.4. The number of aliphatic hydroxyl groups is 1. The normalized spacial score (nSPS) is 24.7. The molecule has 4 atom stereocenters. The van der Waals surface area contributed by atoms with E-state index in [2.05, 4.69) is 4.98 Å². The SMILES string of the molecule is C[C@@]1(C(F)F)O[C@@H](n2ccc(N)nc2=O)[C@H](F)[C@@H]1O.O=P(O)(O)O.O=P(O)(O)O.O=P(O)(O)O. The molecule has 1 aliphatic rings. The van der Waals surface area contributed by atoms with Crippen LogP contribution in [0.1, 0.15) is 13.2 Å². The Balaban J connectivity index is 0. The maximum atomic E-state index is 13.9. The highest BCUT2D eigenvalue weighted by atomic mass is 31.2. The predicted octanol–water partition coefficient (Wildman–Crippen LogP) is -2.71. The highest BCUT2D eigenvalue weighted by Crippen LogP contribution is 2.41. The van der Waals surface area contributed by atoms with Crippen molar-refractivity contribution in [3.05, 3.63) is 22.7 Å². The van der Waals surface area contributed by atoms with Crippen molar-refractivity contribution in [1.29, 1.82) is 0 Å². The minimum atomic E-state index is -4.64. The summed E-state index contributed by atoms with van der Waals surface area (Å²) >= 11 is 0. The van der Waals surface area contributed by atoms with Crippen molar-refractivity contribution in [1.82, 2.24) is 9.55 Å². The van der Waals surface area contributed by atoms with Gasteiger partial charge >= 0.3 is 29.2 Å². The molecule has 0 saturated carbocycles. The van der Waals surface area contributed by atoms with Crippen LogP contribution in [0, 0.1) is 0 Å². The number of alkyl halides is 3. The van der Waals surface area contributed by atoms with Gasteiger partial charge in [-0.3, -0.25) is 4.57 Å². The van der Waals surface area contributed by atoms with Crippen LogP contribution < -0.4 is 11.4 Å². The van der Waals surface area contributed by atoms with Crippen LogP contribution in [-0.2, 0) is 18.4 Å². The van der Waals surface area contributed by atoms with E-state index in [0.717, 1.165) is 13.1 Å². The number of ether oxygens (including phenoxy) is 1. The fraction of sp³-hybridized carbons (Fsp3) is 0.600. The van der Waals surface area contributed by atoms with Crippen LogP contribution in [0.15, 0.2) is 17.1 Å². The van der Waals surface area contributed by atoms with Gasteiger partial charge in [0.2, 0.25) is 0 Å². The quantitative estimate of drug-likeness (QED) is 0.160. The van der Waals surface area contributed by atoms with Crippen LogP contribution in [0.25, 0.3) is 0 Å². The summed E-state index contributed by atoms with van der Waals surface area (Å²) in [5.74, 6) is -0.0909. The molecule has 18 nitrogen and oxygen atoms in total. The fourth-order valence-corrected chi connectivity index (χ4v) is 1.88. The molecule has 1 aliphatic heterocycles. The molecule has 1 aromatic rings. The van der Waals surface area contributed by atoms with Crippen LogP contribution in [-0.4, -0.2) is 83.0 Å². The van der Waals surface area contributed by atoms with Gasteiger partial charge in [-0.1, -0.05) is 0 Å². The average Bonchev–Trinajstić information content (AvgIpc) is 2.76.